The Balaban J connectivity index is 1.59. The fourth-order valence-corrected chi connectivity index (χ4v) is 4.19. The second-order valence-corrected chi connectivity index (χ2v) is 8.35. The molecular formula is C22H18ClN5O2S. The molecule has 31 heavy (non-hydrogen) atoms. The van der Waals surface area contributed by atoms with E-state index in [0.29, 0.717) is 37.6 Å². The lowest BCUT2D eigenvalue weighted by atomic mass is 10.1. The van der Waals surface area contributed by atoms with Gasteiger partial charge in [0.05, 0.1) is 28.0 Å². The third kappa shape index (κ3) is 4.53. The van der Waals surface area contributed by atoms with Crippen LogP contribution >= 0.6 is 22.9 Å². The number of nitrogens with one attached hydrogen (secondary N) is 2. The molecule has 156 valence electrons. The number of hydrogen-bond acceptors (Lipinski definition) is 7. The molecule has 0 fully saturated rings. The zero-order valence-corrected chi connectivity index (χ0v) is 18.3. The number of benzene rings is 1. The number of hydrogen-bond donors (Lipinski definition) is 2. The average molecular weight is 452 g/mol. The first-order valence-electron chi connectivity index (χ1n) is 9.48. The molecule has 4 aromatic rings. The topological polar surface area (TPSA) is 104 Å². The second kappa shape index (κ2) is 8.76. The van der Waals surface area contributed by atoms with E-state index in [4.69, 9.17) is 21.6 Å². The van der Waals surface area contributed by atoms with Crippen molar-refractivity contribution in [3.8, 4) is 11.8 Å². The van der Waals surface area contributed by atoms with Gasteiger partial charge in [-0.15, -0.1) is 0 Å². The van der Waals surface area contributed by atoms with Crippen molar-refractivity contribution >= 4 is 39.0 Å². The first kappa shape index (κ1) is 20.8. The molecule has 0 spiro atoms. The predicted octanol–water partition coefficient (Wildman–Crippen LogP) is 4.97. The van der Waals surface area contributed by atoms with Crippen LogP contribution < -0.4 is 15.6 Å². The van der Waals surface area contributed by atoms with Crippen LogP contribution in [0, 0.1) is 18.3 Å². The van der Waals surface area contributed by atoms with E-state index < -0.39 is 0 Å². The van der Waals surface area contributed by atoms with Crippen molar-refractivity contribution in [3.05, 3.63) is 79.8 Å². The number of anilines is 1. The van der Waals surface area contributed by atoms with Crippen LogP contribution in [0.4, 0.5) is 5.13 Å². The van der Waals surface area contributed by atoms with Crippen molar-refractivity contribution < 1.29 is 4.74 Å². The molecule has 0 amide bonds. The van der Waals surface area contributed by atoms with Crippen LogP contribution in [0.15, 0.2) is 47.4 Å². The molecule has 0 radical (unpaired) electrons. The molecule has 2 N–H and O–H groups in total. The minimum atomic E-state index is -0.316. The van der Waals surface area contributed by atoms with Gasteiger partial charge in [0, 0.05) is 23.2 Å². The SMILES string of the molecule is Cc1nc(N[C@@H](C)c2cc3cc(Cl)c(OCc4ccccn4)cc3[nH]c2=O)sc1C#N. The minimum absolute atomic E-state index is 0.223. The standard InChI is InChI=1S/C22H18ClN5O2S/c1-12(26-22-27-13(2)20(10-24)31-22)16-7-14-8-17(23)19(9-18(14)28-21(16)29)30-11-15-5-3-4-6-25-15/h3-9,12H,11H2,1-2H3,(H,26,27)(H,28,29)/t12-/m0/s1. The monoisotopic (exact) mass is 451 g/mol. The molecule has 0 aliphatic heterocycles. The molecule has 0 aliphatic carbocycles. The van der Waals surface area contributed by atoms with Crippen LogP contribution in [0.1, 0.15) is 34.8 Å². The summed E-state index contributed by atoms with van der Waals surface area (Å²) in [6.07, 6.45) is 1.70. The van der Waals surface area contributed by atoms with Crippen molar-refractivity contribution in [3.63, 3.8) is 0 Å². The minimum Gasteiger partial charge on any atom is -0.486 e. The van der Waals surface area contributed by atoms with E-state index in [0.717, 1.165) is 11.1 Å². The summed E-state index contributed by atoms with van der Waals surface area (Å²) in [4.78, 5) is 24.7. The summed E-state index contributed by atoms with van der Waals surface area (Å²) < 4.78 is 5.79. The molecule has 1 aromatic carbocycles. The Morgan fingerprint density at radius 3 is 2.90 bits per heavy atom. The first-order chi connectivity index (χ1) is 14.9. The molecule has 1 atom stereocenters. The Morgan fingerprint density at radius 2 is 2.19 bits per heavy atom. The predicted molar refractivity (Wildman–Crippen MR) is 122 cm³/mol. The van der Waals surface area contributed by atoms with Gasteiger partial charge in [0.1, 0.15) is 23.3 Å². The number of aromatic nitrogens is 3. The number of ether oxygens (including phenoxy) is 1. The largest absolute Gasteiger partial charge is 0.486 e. The van der Waals surface area contributed by atoms with Gasteiger partial charge in [-0.1, -0.05) is 29.0 Å². The van der Waals surface area contributed by atoms with Crippen LogP contribution in [0.3, 0.4) is 0 Å². The molecule has 0 unspecified atom stereocenters. The van der Waals surface area contributed by atoms with Gasteiger partial charge in [-0.25, -0.2) is 4.98 Å². The third-order valence-corrected chi connectivity index (χ3v) is 6.02. The molecule has 0 saturated carbocycles. The highest BCUT2D eigenvalue weighted by molar-refractivity contribution is 7.16. The molecule has 0 saturated heterocycles. The van der Waals surface area contributed by atoms with Crippen LogP contribution in [0.2, 0.25) is 5.02 Å². The van der Waals surface area contributed by atoms with Gasteiger partial charge >= 0.3 is 0 Å². The van der Waals surface area contributed by atoms with Crippen LogP contribution in [0.5, 0.6) is 5.75 Å². The zero-order chi connectivity index (χ0) is 22.0. The van der Waals surface area contributed by atoms with Crippen LogP contribution in [-0.4, -0.2) is 15.0 Å². The maximum atomic E-state index is 12.7. The van der Waals surface area contributed by atoms with E-state index in [2.05, 4.69) is 26.3 Å². The normalized spacial score (nSPS) is 11.8. The van der Waals surface area contributed by atoms with Crippen molar-refractivity contribution in [2.75, 3.05) is 5.32 Å². The lowest BCUT2D eigenvalue weighted by Gasteiger charge is -2.14. The smallest absolute Gasteiger partial charge is 0.253 e. The third-order valence-electron chi connectivity index (χ3n) is 4.73. The molecule has 0 aliphatic rings. The summed E-state index contributed by atoms with van der Waals surface area (Å²) in [5.41, 5.74) is 2.38. The molecule has 7 nitrogen and oxygen atoms in total. The van der Waals surface area contributed by atoms with Crippen molar-refractivity contribution in [2.45, 2.75) is 26.5 Å². The molecule has 9 heteroatoms. The van der Waals surface area contributed by atoms with Gasteiger partial charge in [-0.3, -0.25) is 9.78 Å². The Hall–Kier alpha value is -3.41. The molecule has 0 bridgehead atoms. The number of aromatic amines is 1. The highest BCUT2D eigenvalue weighted by Crippen LogP contribution is 2.31. The van der Waals surface area contributed by atoms with Crippen LogP contribution in [-0.2, 0) is 6.61 Å². The number of aryl methyl sites for hydroxylation is 1. The van der Waals surface area contributed by atoms with Gasteiger partial charge in [-0.05, 0) is 38.1 Å². The molecular weight excluding hydrogens is 434 g/mol. The van der Waals surface area contributed by atoms with E-state index in [1.807, 2.05) is 25.1 Å². The lowest BCUT2D eigenvalue weighted by Crippen LogP contribution is -2.19. The highest BCUT2D eigenvalue weighted by atomic mass is 35.5. The fourth-order valence-electron chi connectivity index (χ4n) is 3.12. The number of nitriles is 1. The van der Waals surface area contributed by atoms with E-state index in [1.165, 1.54) is 11.3 Å². The van der Waals surface area contributed by atoms with E-state index in [1.54, 1.807) is 31.3 Å². The van der Waals surface area contributed by atoms with Gasteiger partial charge in [0.2, 0.25) is 0 Å². The maximum Gasteiger partial charge on any atom is 0.253 e. The second-order valence-electron chi connectivity index (χ2n) is 6.94. The Labute approximate surface area is 187 Å². The van der Waals surface area contributed by atoms with E-state index >= 15 is 0 Å². The van der Waals surface area contributed by atoms with E-state index in [9.17, 15) is 4.79 Å². The zero-order valence-electron chi connectivity index (χ0n) is 16.8. The molecule has 3 aromatic heterocycles. The van der Waals surface area contributed by atoms with Gasteiger partial charge < -0.3 is 15.0 Å². The number of pyridine rings is 2. The highest BCUT2D eigenvalue weighted by Gasteiger charge is 2.16. The fraction of sp³-hybridized carbons (Fsp3) is 0.182. The summed E-state index contributed by atoms with van der Waals surface area (Å²) in [5, 5.41) is 14.1. The van der Waals surface area contributed by atoms with Crippen molar-refractivity contribution in [2.24, 2.45) is 0 Å². The van der Waals surface area contributed by atoms with E-state index in [-0.39, 0.29) is 18.2 Å². The quantitative estimate of drug-likeness (QED) is 0.429. The number of halogens is 1. The summed E-state index contributed by atoms with van der Waals surface area (Å²) in [5.74, 6) is 0.469. The van der Waals surface area contributed by atoms with Crippen molar-refractivity contribution in [1.82, 2.24) is 15.0 Å². The molecule has 4 rings (SSSR count). The van der Waals surface area contributed by atoms with Gasteiger partial charge in [-0.2, -0.15) is 5.26 Å². The summed E-state index contributed by atoms with van der Waals surface area (Å²) >= 11 is 7.68. The number of nitrogens with zero attached hydrogens (tertiary/aromatic N) is 3. The summed E-state index contributed by atoms with van der Waals surface area (Å²) in [6, 6.07) is 12.7. The van der Waals surface area contributed by atoms with Crippen molar-refractivity contribution in [1.29, 1.82) is 5.26 Å². The number of H-pyrrole nitrogens is 1. The Bertz CT molecular complexity index is 1340. The summed E-state index contributed by atoms with van der Waals surface area (Å²) in [6.45, 7) is 3.92. The first-order valence-corrected chi connectivity index (χ1v) is 10.7. The lowest BCUT2D eigenvalue weighted by molar-refractivity contribution is 0.302. The molecule has 3 heterocycles. The van der Waals surface area contributed by atoms with Crippen LogP contribution in [0.25, 0.3) is 10.9 Å². The number of thiazole rings is 1. The average Bonchev–Trinajstić information content (AvgIpc) is 3.11. The Morgan fingerprint density at radius 1 is 1.35 bits per heavy atom. The summed E-state index contributed by atoms with van der Waals surface area (Å²) in [7, 11) is 0. The number of fused-ring (bicyclic) bond motifs is 1. The Kier molecular flexibility index (Phi) is 5.89. The maximum absolute atomic E-state index is 12.7. The van der Waals surface area contributed by atoms with Gasteiger partial charge in [0.25, 0.3) is 5.56 Å². The van der Waals surface area contributed by atoms with Gasteiger partial charge in [0.15, 0.2) is 5.13 Å². The number of rotatable bonds is 6.